The summed E-state index contributed by atoms with van der Waals surface area (Å²) in [5, 5.41) is 3.90. The Kier molecular flexibility index (Phi) is 5.45. The quantitative estimate of drug-likeness (QED) is 0.548. The maximum atomic E-state index is 13.8. The number of fused-ring (bicyclic) bond motifs is 3. The zero-order chi connectivity index (χ0) is 22.3. The standard InChI is InChI=1S/C25H25BrN2O4/c1-25(24(30)27-18-9-2-3-10-18)15-31-21-19-11-4-5-12-20(19)32-22(21)23(29)28(25)14-16-7-6-8-17(26)13-16/h4-8,11-13,18H,2-3,9-10,14-15H2,1H3,(H,27,30)/t25-/m1/s1. The van der Waals surface area contributed by atoms with Crippen molar-refractivity contribution in [2.24, 2.45) is 0 Å². The third-order valence-corrected chi connectivity index (χ3v) is 6.99. The van der Waals surface area contributed by atoms with Crippen LogP contribution in [0.25, 0.3) is 11.0 Å². The predicted molar refractivity (Wildman–Crippen MR) is 125 cm³/mol. The molecule has 1 N–H and O–H groups in total. The van der Waals surface area contributed by atoms with Gasteiger partial charge < -0.3 is 19.4 Å². The molecule has 1 atom stereocenters. The van der Waals surface area contributed by atoms with Crippen LogP contribution in [-0.4, -0.2) is 34.9 Å². The molecule has 0 radical (unpaired) electrons. The lowest BCUT2D eigenvalue weighted by Crippen LogP contribution is -2.62. The smallest absolute Gasteiger partial charge is 0.294 e. The van der Waals surface area contributed by atoms with E-state index >= 15 is 0 Å². The Morgan fingerprint density at radius 3 is 2.75 bits per heavy atom. The molecular weight excluding hydrogens is 472 g/mol. The number of para-hydroxylation sites is 1. The molecule has 5 rings (SSSR count). The van der Waals surface area contributed by atoms with Gasteiger partial charge in [0, 0.05) is 17.1 Å². The van der Waals surface area contributed by atoms with E-state index in [0.717, 1.165) is 41.1 Å². The summed E-state index contributed by atoms with van der Waals surface area (Å²) in [6, 6.07) is 15.3. The van der Waals surface area contributed by atoms with E-state index in [1.165, 1.54) is 0 Å². The molecule has 2 amide bonds. The maximum Gasteiger partial charge on any atom is 0.294 e. The van der Waals surface area contributed by atoms with E-state index in [1.54, 1.807) is 11.8 Å². The van der Waals surface area contributed by atoms with Gasteiger partial charge >= 0.3 is 0 Å². The number of benzene rings is 2. The Labute approximate surface area is 195 Å². The molecule has 1 aliphatic carbocycles. The summed E-state index contributed by atoms with van der Waals surface area (Å²) >= 11 is 3.50. The van der Waals surface area contributed by atoms with Gasteiger partial charge in [0.2, 0.25) is 11.7 Å². The number of furan rings is 1. The number of hydrogen-bond donors (Lipinski definition) is 1. The minimum Gasteiger partial charge on any atom is -0.486 e. The van der Waals surface area contributed by atoms with Crippen molar-refractivity contribution in [2.75, 3.05) is 6.61 Å². The van der Waals surface area contributed by atoms with Crippen LogP contribution in [0.5, 0.6) is 5.75 Å². The molecule has 2 aliphatic rings. The first-order chi connectivity index (χ1) is 15.5. The SMILES string of the molecule is C[C@]1(C(=O)NC2CCCC2)COc2c(oc3ccccc23)C(=O)N1Cc1cccc(Br)c1. The summed E-state index contributed by atoms with van der Waals surface area (Å²) in [6.07, 6.45) is 4.15. The van der Waals surface area contributed by atoms with Gasteiger partial charge in [-0.3, -0.25) is 9.59 Å². The summed E-state index contributed by atoms with van der Waals surface area (Å²) in [5.74, 6) is 0.000717. The van der Waals surface area contributed by atoms with Crippen molar-refractivity contribution in [3.63, 3.8) is 0 Å². The van der Waals surface area contributed by atoms with Crippen LogP contribution in [0.15, 0.2) is 57.4 Å². The van der Waals surface area contributed by atoms with E-state index in [2.05, 4.69) is 21.2 Å². The normalized spacial score (nSPS) is 21.3. The molecule has 166 valence electrons. The number of carbonyl (C=O) groups is 2. The molecule has 1 aromatic heterocycles. The molecule has 0 unspecified atom stereocenters. The van der Waals surface area contributed by atoms with E-state index in [1.807, 2.05) is 48.5 Å². The van der Waals surface area contributed by atoms with Crippen LogP contribution < -0.4 is 10.1 Å². The highest BCUT2D eigenvalue weighted by molar-refractivity contribution is 9.10. The molecule has 2 heterocycles. The summed E-state index contributed by atoms with van der Waals surface area (Å²) in [7, 11) is 0. The van der Waals surface area contributed by atoms with Gasteiger partial charge in [-0.2, -0.15) is 0 Å². The van der Waals surface area contributed by atoms with Gasteiger partial charge in [-0.15, -0.1) is 0 Å². The molecule has 1 aliphatic heterocycles. The van der Waals surface area contributed by atoms with Crippen molar-refractivity contribution in [2.45, 2.75) is 50.7 Å². The fraction of sp³-hybridized carbons (Fsp3) is 0.360. The Balaban J connectivity index is 1.56. The van der Waals surface area contributed by atoms with Crippen LogP contribution in [0.3, 0.4) is 0 Å². The summed E-state index contributed by atoms with van der Waals surface area (Å²) in [5.41, 5.74) is 0.310. The second kappa shape index (κ2) is 8.28. The Morgan fingerprint density at radius 2 is 1.97 bits per heavy atom. The fourth-order valence-electron chi connectivity index (χ4n) is 4.61. The van der Waals surface area contributed by atoms with Gasteiger partial charge in [-0.05, 0) is 49.6 Å². The lowest BCUT2D eigenvalue weighted by Gasteiger charge is -2.38. The highest BCUT2D eigenvalue weighted by atomic mass is 79.9. The van der Waals surface area contributed by atoms with Crippen molar-refractivity contribution < 1.29 is 18.7 Å². The third-order valence-electron chi connectivity index (χ3n) is 6.49. The maximum absolute atomic E-state index is 13.8. The Hall–Kier alpha value is -2.80. The van der Waals surface area contributed by atoms with Gasteiger partial charge in [0.25, 0.3) is 5.91 Å². The van der Waals surface area contributed by atoms with Crippen LogP contribution in [0.1, 0.15) is 48.7 Å². The zero-order valence-corrected chi connectivity index (χ0v) is 19.5. The van der Waals surface area contributed by atoms with E-state index in [0.29, 0.717) is 11.3 Å². The zero-order valence-electron chi connectivity index (χ0n) is 17.9. The molecule has 1 fully saturated rings. The average Bonchev–Trinajstić information content (AvgIpc) is 3.41. The number of rotatable bonds is 4. The molecule has 6 nitrogen and oxygen atoms in total. The topological polar surface area (TPSA) is 71.8 Å². The number of halogens is 1. The molecule has 1 saturated carbocycles. The fourth-order valence-corrected chi connectivity index (χ4v) is 5.05. The number of nitrogens with one attached hydrogen (secondary N) is 1. The number of hydrogen-bond acceptors (Lipinski definition) is 4. The summed E-state index contributed by atoms with van der Waals surface area (Å²) < 4.78 is 13.0. The largest absolute Gasteiger partial charge is 0.486 e. The van der Waals surface area contributed by atoms with E-state index in [4.69, 9.17) is 9.15 Å². The van der Waals surface area contributed by atoms with Crippen molar-refractivity contribution in [1.29, 1.82) is 0 Å². The molecule has 3 aromatic rings. The van der Waals surface area contributed by atoms with Crippen molar-refractivity contribution in [3.8, 4) is 5.75 Å². The first kappa shape index (κ1) is 21.1. The van der Waals surface area contributed by atoms with Crippen LogP contribution in [0.4, 0.5) is 0 Å². The van der Waals surface area contributed by atoms with E-state index in [9.17, 15) is 9.59 Å². The van der Waals surface area contributed by atoms with Crippen molar-refractivity contribution in [1.82, 2.24) is 10.2 Å². The number of nitrogens with zero attached hydrogens (tertiary/aromatic N) is 1. The van der Waals surface area contributed by atoms with Crippen LogP contribution in [0, 0.1) is 0 Å². The van der Waals surface area contributed by atoms with Crippen molar-refractivity contribution in [3.05, 3.63) is 64.3 Å². The van der Waals surface area contributed by atoms with E-state index < -0.39 is 5.54 Å². The number of ether oxygens (including phenoxy) is 1. The predicted octanol–water partition coefficient (Wildman–Crippen LogP) is 5.05. The lowest BCUT2D eigenvalue weighted by atomic mass is 9.97. The Morgan fingerprint density at radius 1 is 1.19 bits per heavy atom. The van der Waals surface area contributed by atoms with Gasteiger partial charge in [-0.1, -0.05) is 53.0 Å². The van der Waals surface area contributed by atoms with Gasteiger partial charge in [0.05, 0.1) is 5.39 Å². The highest BCUT2D eigenvalue weighted by Gasteiger charge is 2.48. The molecule has 7 heteroatoms. The minimum absolute atomic E-state index is 0.0435. The molecule has 0 saturated heterocycles. The van der Waals surface area contributed by atoms with Crippen molar-refractivity contribution >= 4 is 38.7 Å². The van der Waals surface area contributed by atoms with Crippen LogP contribution in [-0.2, 0) is 11.3 Å². The first-order valence-electron chi connectivity index (χ1n) is 11.0. The second-order valence-corrected chi connectivity index (χ2v) is 9.71. The van der Waals surface area contributed by atoms with Gasteiger partial charge in [0.15, 0.2) is 11.3 Å². The second-order valence-electron chi connectivity index (χ2n) is 8.80. The molecular formula is C25H25BrN2O4. The monoisotopic (exact) mass is 496 g/mol. The molecule has 32 heavy (non-hydrogen) atoms. The van der Waals surface area contributed by atoms with E-state index in [-0.39, 0.29) is 36.8 Å². The van der Waals surface area contributed by atoms with Crippen LogP contribution >= 0.6 is 15.9 Å². The average molecular weight is 497 g/mol. The molecule has 0 spiro atoms. The number of amides is 2. The summed E-state index contributed by atoms with van der Waals surface area (Å²) in [6.45, 7) is 2.08. The highest BCUT2D eigenvalue weighted by Crippen LogP contribution is 2.39. The lowest BCUT2D eigenvalue weighted by molar-refractivity contribution is -0.133. The Bertz CT molecular complexity index is 1180. The molecule has 0 bridgehead atoms. The first-order valence-corrected chi connectivity index (χ1v) is 11.8. The van der Waals surface area contributed by atoms with Gasteiger partial charge in [0.1, 0.15) is 12.2 Å². The molecule has 2 aromatic carbocycles. The summed E-state index contributed by atoms with van der Waals surface area (Å²) in [4.78, 5) is 29.0. The van der Waals surface area contributed by atoms with Crippen LogP contribution in [0.2, 0.25) is 0 Å². The van der Waals surface area contributed by atoms with Gasteiger partial charge in [-0.25, -0.2) is 0 Å². The third kappa shape index (κ3) is 3.68. The minimum atomic E-state index is -1.19. The number of carbonyl (C=O) groups excluding carboxylic acids is 2.